The average molecular weight is 352 g/mol. The fourth-order valence-electron chi connectivity index (χ4n) is 2.04. The number of nitrogen functional groups attached to an aromatic ring is 2. The van der Waals surface area contributed by atoms with Crippen molar-refractivity contribution in [2.75, 3.05) is 11.5 Å². The van der Waals surface area contributed by atoms with Gasteiger partial charge >= 0.3 is 0 Å². The standard InChI is InChI=1S/C15H17IN2/c1-10-8-13(17)6-4-11(10)2-3-12-5-7-14(18)9-15(12)16/h4-9H,2-3,17-18H2,1H3. The number of aryl methyl sites for hydroxylation is 3. The number of benzene rings is 2. The lowest BCUT2D eigenvalue weighted by molar-refractivity contribution is 0.944. The van der Waals surface area contributed by atoms with Crippen LogP contribution in [0, 0.1) is 10.5 Å². The van der Waals surface area contributed by atoms with Gasteiger partial charge < -0.3 is 11.5 Å². The second kappa shape index (κ2) is 5.61. The third-order valence-electron chi connectivity index (χ3n) is 3.11. The molecule has 0 radical (unpaired) electrons. The molecule has 0 aliphatic heterocycles. The molecule has 0 aliphatic carbocycles. The number of hydrogen-bond acceptors (Lipinski definition) is 2. The van der Waals surface area contributed by atoms with E-state index in [-0.39, 0.29) is 0 Å². The van der Waals surface area contributed by atoms with Gasteiger partial charge in [0.1, 0.15) is 0 Å². The smallest absolute Gasteiger partial charge is 0.0324 e. The summed E-state index contributed by atoms with van der Waals surface area (Å²) in [4.78, 5) is 0. The van der Waals surface area contributed by atoms with Crippen LogP contribution in [0.3, 0.4) is 0 Å². The number of rotatable bonds is 3. The van der Waals surface area contributed by atoms with Crippen LogP contribution in [0.4, 0.5) is 11.4 Å². The maximum absolute atomic E-state index is 5.76. The summed E-state index contributed by atoms with van der Waals surface area (Å²) in [6.45, 7) is 2.11. The molecular formula is C15H17IN2. The fraction of sp³-hybridized carbons (Fsp3) is 0.200. The van der Waals surface area contributed by atoms with Crippen LogP contribution in [0.1, 0.15) is 16.7 Å². The van der Waals surface area contributed by atoms with E-state index in [1.54, 1.807) is 0 Å². The molecule has 2 aromatic carbocycles. The third kappa shape index (κ3) is 3.16. The first-order chi connectivity index (χ1) is 8.56. The van der Waals surface area contributed by atoms with Gasteiger partial charge in [0.25, 0.3) is 0 Å². The van der Waals surface area contributed by atoms with E-state index >= 15 is 0 Å². The van der Waals surface area contributed by atoms with Gasteiger partial charge in [0.2, 0.25) is 0 Å². The zero-order chi connectivity index (χ0) is 13.1. The van der Waals surface area contributed by atoms with Crippen molar-refractivity contribution in [2.45, 2.75) is 19.8 Å². The Kier molecular flexibility index (Phi) is 4.11. The van der Waals surface area contributed by atoms with Crippen molar-refractivity contribution in [1.82, 2.24) is 0 Å². The van der Waals surface area contributed by atoms with Crippen molar-refractivity contribution in [3.63, 3.8) is 0 Å². The molecular weight excluding hydrogens is 335 g/mol. The molecule has 0 spiro atoms. The van der Waals surface area contributed by atoms with Crippen molar-refractivity contribution >= 4 is 34.0 Å². The van der Waals surface area contributed by atoms with Gasteiger partial charge in [0.15, 0.2) is 0 Å². The van der Waals surface area contributed by atoms with Crippen LogP contribution in [-0.2, 0) is 12.8 Å². The summed E-state index contributed by atoms with van der Waals surface area (Å²) in [5.41, 5.74) is 17.1. The second-order valence-corrected chi connectivity index (χ2v) is 5.70. The lowest BCUT2D eigenvalue weighted by Crippen LogP contribution is -1.98. The number of nitrogens with two attached hydrogens (primary N) is 2. The molecule has 94 valence electrons. The van der Waals surface area contributed by atoms with Gasteiger partial charge in [-0.3, -0.25) is 0 Å². The number of hydrogen-bond donors (Lipinski definition) is 2. The molecule has 0 saturated heterocycles. The van der Waals surface area contributed by atoms with Crippen molar-refractivity contribution in [1.29, 1.82) is 0 Å². The Labute approximate surface area is 122 Å². The minimum atomic E-state index is 0.826. The molecule has 0 atom stereocenters. The van der Waals surface area contributed by atoms with E-state index in [1.807, 2.05) is 24.3 Å². The van der Waals surface area contributed by atoms with Crippen molar-refractivity contribution in [3.8, 4) is 0 Å². The summed E-state index contributed by atoms with van der Waals surface area (Å²) >= 11 is 2.34. The molecule has 0 fully saturated rings. The van der Waals surface area contributed by atoms with E-state index in [4.69, 9.17) is 11.5 Å². The molecule has 0 heterocycles. The summed E-state index contributed by atoms with van der Waals surface area (Å²) in [5, 5.41) is 0. The number of anilines is 2. The van der Waals surface area contributed by atoms with Crippen LogP contribution in [0.25, 0.3) is 0 Å². The summed E-state index contributed by atoms with van der Waals surface area (Å²) < 4.78 is 1.24. The van der Waals surface area contributed by atoms with E-state index in [2.05, 4.69) is 41.6 Å². The highest BCUT2D eigenvalue weighted by Gasteiger charge is 2.03. The molecule has 0 unspecified atom stereocenters. The van der Waals surface area contributed by atoms with E-state index in [0.29, 0.717) is 0 Å². The average Bonchev–Trinajstić information content (AvgIpc) is 2.30. The highest BCUT2D eigenvalue weighted by Crippen LogP contribution is 2.20. The Hall–Kier alpha value is -1.23. The van der Waals surface area contributed by atoms with Crippen LogP contribution in [0.15, 0.2) is 36.4 Å². The topological polar surface area (TPSA) is 52.0 Å². The van der Waals surface area contributed by atoms with Crippen molar-refractivity contribution in [3.05, 3.63) is 56.7 Å². The molecule has 3 heteroatoms. The molecule has 0 bridgehead atoms. The van der Waals surface area contributed by atoms with E-state index < -0.39 is 0 Å². The normalized spacial score (nSPS) is 10.6. The zero-order valence-corrected chi connectivity index (χ0v) is 12.6. The molecule has 2 rings (SSSR count). The second-order valence-electron chi connectivity index (χ2n) is 4.54. The predicted octanol–water partition coefficient (Wildman–Crippen LogP) is 3.55. The Balaban J connectivity index is 2.11. The van der Waals surface area contributed by atoms with E-state index in [1.165, 1.54) is 20.3 Å². The molecule has 0 aliphatic rings. The molecule has 0 amide bonds. The van der Waals surface area contributed by atoms with Crippen molar-refractivity contribution in [2.24, 2.45) is 0 Å². The molecule has 0 saturated carbocycles. The maximum atomic E-state index is 5.76. The summed E-state index contributed by atoms with van der Waals surface area (Å²) in [6, 6.07) is 12.2. The van der Waals surface area contributed by atoms with Crippen LogP contribution in [0.2, 0.25) is 0 Å². The van der Waals surface area contributed by atoms with Gasteiger partial charge in [-0.05, 0) is 83.3 Å². The van der Waals surface area contributed by atoms with Crippen LogP contribution in [0.5, 0.6) is 0 Å². The van der Waals surface area contributed by atoms with Gasteiger partial charge in [0.05, 0.1) is 0 Å². The minimum Gasteiger partial charge on any atom is -0.399 e. The quantitative estimate of drug-likeness (QED) is 0.656. The van der Waals surface area contributed by atoms with Crippen LogP contribution in [-0.4, -0.2) is 0 Å². The Morgan fingerprint density at radius 3 is 2.06 bits per heavy atom. The van der Waals surface area contributed by atoms with Gasteiger partial charge in [-0.2, -0.15) is 0 Å². The first kappa shape index (κ1) is 13.2. The zero-order valence-electron chi connectivity index (χ0n) is 10.4. The summed E-state index contributed by atoms with van der Waals surface area (Å²) in [6.07, 6.45) is 2.06. The van der Waals surface area contributed by atoms with Gasteiger partial charge in [-0.25, -0.2) is 0 Å². The van der Waals surface area contributed by atoms with Crippen LogP contribution >= 0.6 is 22.6 Å². The number of halogens is 1. The largest absolute Gasteiger partial charge is 0.399 e. The fourth-order valence-corrected chi connectivity index (χ4v) is 2.84. The Morgan fingerprint density at radius 2 is 1.44 bits per heavy atom. The third-order valence-corrected chi connectivity index (χ3v) is 4.11. The monoisotopic (exact) mass is 352 g/mol. The first-order valence-electron chi connectivity index (χ1n) is 5.95. The SMILES string of the molecule is Cc1cc(N)ccc1CCc1ccc(N)cc1I. The minimum absolute atomic E-state index is 0.826. The van der Waals surface area contributed by atoms with E-state index in [9.17, 15) is 0 Å². The lowest BCUT2D eigenvalue weighted by Gasteiger charge is -2.08. The van der Waals surface area contributed by atoms with Gasteiger partial charge in [-0.15, -0.1) is 0 Å². The Bertz CT molecular complexity index is 513. The van der Waals surface area contributed by atoms with E-state index in [0.717, 1.165) is 24.2 Å². The van der Waals surface area contributed by atoms with Crippen LogP contribution < -0.4 is 11.5 Å². The molecule has 0 aromatic heterocycles. The highest BCUT2D eigenvalue weighted by atomic mass is 127. The molecule has 18 heavy (non-hydrogen) atoms. The summed E-state index contributed by atoms with van der Waals surface area (Å²) in [5.74, 6) is 0. The summed E-state index contributed by atoms with van der Waals surface area (Å²) in [7, 11) is 0. The molecule has 2 nitrogen and oxygen atoms in total. The Morgan fingerprint density at radius 1 is 0.889 bits per heavy atom. The lowest BCUT2D eigenvalue weighted by atomic mass is 10.00. The molecule has 2 aromatic rings. The van der Waals surface area contributed by atoms with Gasteiger partial charge in [0, 0.05) is 14.9 Å². The molecule has 4 N–H and O–H groups in total. The highest BCUT2D eigenvalue weighted by molar-refractivity contribution is 14.1. The first-order valence-corrected chi connectivity index (χ1v) is 7.03. The maximum Gasteiger partial charge on any atom is 0.0324 e. The predicted molar refractivity (Wildman–Crippen MR) is 86.6 cm³/mol. The van der Waals surface area contributed by atoms with Crippen molar-refractivity contribution < 1.29 is 0 Å². The van der Waals surface area contributed by atoms with Gasteiger partial charge in [-0.1, -0.05) is 12.1 Å².